The van der Waals surface area contributed by atoms with Crippen molar-refractivity contribution in [2.24, 2.45) is 11.8 Å². The lowest BCUT2D eigenvalue weighted by Gasteiger charge is -2.35. The molecule has 1 aromatic rings. The molecule has 6 nitrogen and oxygen atoms in total. The maximum atomic E-state index is 12.3. The first-order chi connectivity index (χ1) is 12.3. The monoisotopic (exact) mass is 381 g/mol. The molecule has 2 aliphatic heterocycles. The van der Waals surface area contributed by atoms with Crippen molar-refractivity contribution in [2.45, 2.75) is 52.0 Å². The van der Waals surface area contributed by atoms with Crippen LogP contribution >= 0.6 is 0 Å². The standard InChI is InChI=1S/C19H31N3O3S/c1-15(2)18-11-19(23)22(14-20-18)13-16-3-7-21(8-4-16)12-17-5-9-26(24,25)10-6-17/h11,14-17H,3-10,12-13H2,1-2H3. The van der Waals surface area contributed by atoms with Crippen LogP contribution in [0.1, 0.15) is 51.1 Å². The summed E-state index contributed by atoms with van der Waals surface area (Å²) in [6, 6.07) is 1.66. The van der Waals surface area contributed by atoms with E-state index in [2.05, 4.69) is 9.88 Å². The van der Waals surface area contributed by atoms with Crippen molar-refractivity contribution in [1.29, 1.82) is 0 Å². The molecule has 2 saturated heterocycles. The van der Waals surface area contributed by atoms with Crippen LogP contribution in [0.2, 0.25) is 0 Å². The zero-order valence-electron chi connectivity index (χ0n) is 15.9. The molecule has 0 bridgehead atoms. The van der Waals surface area contributed by atoms with Crippen molar-refractivity contribution in [3.63, 3.8) is 0 Å². The third-order valence-electron chi connectivity index (χ3n) is 5.84. The first-order valence-corrected chi connectivity index (χ1v) is 11.6. The molecule has 0 spiro atoms. The van der Waals surface area contributed by atoms with E-state index in [1.54, 1.807) is 17.0 Å². The first kappa shape index (κ1) is 19.5. The summed E-state index contributed by atoms with van der Waals surface area (Å²) in [4.78, 5) is 19.1. The molecule has 0 aromatic carbocycles. The molecule has 26 heavy (non-hydrogen) atoms. The van der Waals surface area contributed by atoms with E-state index in [0.29, 0.717) is 23.3 Å². The highest BCUT2D eigenvalue weighted by Crippen LogP contribution is 2.24. The fraction of sp³-hybridized carbons (Fsp3) is 0.789. The van der Waals surface area contributed by atoms with Gasteiger partial charge in [0, 0.05) is 19.2 Å². The third-order valence-corrected chi connectivity index (χ3v) is 7.56. The van der Waals surface area contributed by atoms with Crippen LogP contribution < -0.4 is 5.56 Å². The summed E-state index contributed by atoms with van der Waals surface area (Å²) in [7, 11) is -2.77. The predicted molar refractivity (Wildman–Crippen MR) is 103 cm³/mol. The fourth-order valence-corrected chi connectivity index (χ4v) is 5.60. The Morgan fingerprint density at radius 3 is 2.27 bits per heavy atom. The molecular formula is C19H31N3O3S. The molecule has 0 radical (unpaired) electrons. The molecule has 0 atom stereocenters. The summed E-state index contributed by atoms with van der Waals surface area (Å²) in [6.07, 6.45) is 5.50. The maximum absolute atomic E-state index is 12.3. The van der Waals surface area contributed by atoms with Gasteiger partial charge in [0.2, 0.25) is 0 Å². The number of rotatable bonds is 5. The van der Waals surface area contributed by atoms with Crippen molar-refractivity contribution in [1.82, 2.24) is 14.5 Å². The van der Waals surface area contributed by atoms with Gasteiger partial charge >= 0.3 is 0 Å². The lowest BCUT2D eigenvalue weighted by Crippen LogP contribution is -2.40. The van der Waals surface area contributed by atoms with Gasteiger partial charge in [-0.3, -0.25) is 9.36 Å². The molecule has 2 aliphatic rings. The van der Waals surface area contributed by atoms with Gasteiger partial charge in [-0.05, 0) is 56.5 Å². The van der Waals surface area contributed by atoms with Gasteiger partial charge in [-0.1, -0.05) is 13.8 Å². The second kappa shape index (κ2) is 8.21. The smallest absolute Gasteiger partial charge is 0.253 e. The molecule has 1 aromatic heterocycles. The van der Waals surface area contributed by atoms with Gasteiger partial charge in [-0.15, -0.1) is 0 Å². The molecule has 0 aliphatic carbocycles. The van der Waals surface area contributed by atoms with Crippen LogP contribution in [0.4, 0.5) is 0 Å². The van der Waals surface area contributed by atoms with Crippen LogP contribution in [0.25, 0.3) is 0 Å². The number of nitrogens with zero attached hydrogens (tertiary/aromatic N) is 3. The average molecular weight is 382 g/mol. The summed E-state index contributed by atoms with van der Waals surface area (Å²) in [6.45, 7) is 7.94. The number of likely N-dealkylation sites (tertiary alicyclic amines) is 1. The average Bonchev–Trinajstić information content (AvgIpc) is 2.60. The van der Waals surface area contributed by atoms with Crippen LogP contribution in [0.5, 0.6) is 0 Å². The SMILES string of the molecule is CC(C)c1cc(=O)n(CC2CCN(CC3CCS(=O)(=O)CC3)CC2)cn1. The minimum Gasteiger partial charge on any atom is -0.303 e. The fourth-order valence-electron chi connectivity index (χ4n) is 4.01. The van der Waals surface area contributed by atoms with E-state index in [1.165, 1.54) is 0 Å². The van der Waals surface area contributed by atoms with E-state index in [4.69, 9.17) is 0 Å². The van der Waals surface area contributed by atoms with Gasteiger partial charge in [0.15, 0.2) is 0 Å². The maximum Gasteiger partial charge on any atom is 0.253 e. The topological polar surface area (TPSA) is 72.3 Å². The Hall–Kier alpha value is -1.21. The number of sulfone groups is 1. The molecule has 0 unspecified atom stereocenters. The van der Waals surface area contributed by atoms with Crippen molar-refractivity contribution in [2.75, 3.05) is 31.1 Å². The summed E-state index contributed by atoms with van der Waals surface area (Å²) in [5.41, 5.74) is 0.908. The van der Waals surface area contributed by atoms with Crippen LogP contribution in [-0.4, -0.2) is 54.0 Å². The van der Waals surface area contributed by atoms with Crippen LogP contribution in [0.15, 0.2) is 17.2 Å². The Bertz CT molecular complexity index is 750. The molecule has 2 fully saturated rings. The van der Waals surface area contributed by atoms with E-state index < -0.39 is 9.84 Å². The molecule has 0 saturated carbocycles. The van der Waals surface area contributed by atoms with Crippen LogP contribution in [-0.2, 0) is 16.4 Å². The molecule has 3 heterocycles. The van der Waals surface area contributed by atoms with Gasteiger partial charge in [-0.25, -0.2) is 13.4 Å². The van der Waals surface area contributed by atoms with E-state index in [0.717, 1.165) is 57.6 Å². The molecule has 0 amide bonds. The third kappa shape index (κ3) is 5.16. The van der Waals surface area contributed by atoms with Crippen LogP contribution in [0, 0.1) is 11.8 Å². The van der Waals surface area contributed by atoms with Crippen LogP contribution in [0.3, 0.4) is 0 Å². The van der Waals surface area contributed by atoms with E-state index in [1.807, 2.05) is 13.8 Å². The second-order valence-electron chi connectivity index (χ2n) is 8.30. The highest BCUT2D eigenvalue weighted by molar-refractivity contribution is 7.91. The Morgan fingerprint density at radius 1 is 1.08 bits per heavy atom. The first-order valence-electron chi connectivity index (χ1n) is 9.81. The highest BCUT2D eigenvalue weighted by Gasteiger charge is 2.27. The Kier molecular flexibility index (Phi) is 6.17. The highest BCUT2D eigenvalue weighted by atomic mass is 32.2. The molecule has 3 rings (SSSR count). The lowest BCUT2D eigenvalue weighted by atomic mass is 9.94. The van der Waals surface area contributed by atoms with Gasteiger partial charge in [0.25, 0.3) is 5.56 Å². The number of aromatic nitrogens is 2. The molecule has 0 N–H and O–H groups in total. The van der Waals surface area contributed by atoms with Gasteiger partial charge in [0.1, 0.15) is 9.84 Å². The van der Waals surface area contributed by atoms with Crippen molar-refractivity contribution in [3.05, 3.63) is 28.4 Å². The predicted octanol–water partition coefficient (Wildman–Crippen LogP) is 1.90. The zero-order chi connectivity index (χ0) is 18.7. The largest absolute Gasteiger partial charge is 0.303 e. The quantitative estimate of drug-likeness (QED) is 0.779. The van der Waals surface area contributed by atoms with E-state index in [9.17, 15) is 13.2 Å². The Balaban J connectivity index is 1.46. The van der Waals surface area contributed by atoms with E-state index >= 15 is 0 Å². The van der Waals surface area contributed by atoms with Crippen molar-refractivity contribution < 1.29 is 8.42 Å². The summed E-state index contributed by atoms with van der Waals surface area (Å²) >= 11 is 0. The molecule has 146 valence electrons. The zero-order valence-corrected chi connectivity index (χ0v) is 16.7. The second-order valence-corrected chi connectivity index (χ2v) is 10.6. The summed E-state index contributed by atoms with van der Waals surface area (Å²) < 4.78 is 24.8. The summed E-state index contributed by atoms with van der Waals surface area (Å²) in [5, 5.41) is 0. The Labute approximate surface area is 156 Å². The van der Waals surface area contributed by atoms with E-state index in [-0.39, 0.29) is 11.5 Å². The van der Waals surface area contributed by atoms with Crippen molar-refractivity contribution >= 4 is 9.84 Å². The van der Waals surface area contributed by atoms with Gasteiger partial charge < -0.3 is 4.90 Å². The minimum atomic E-state index is -2.77. The number of hydrogen-bond donors (Lipinski definition) is 0. The molecule has 7 heteroatoms. The van der Waals surface area contributed by atoms with Gasteiger partial charge in [0.05, 0.1) is 23.5 Å². The number of hydrogen-bond acceptors (Lipinski definition) is 5. The Morgan fingerprint density at radius 2 is 1.69 bits per heavy atom. The van der Waals surface area contributed by atoms with Gasteiger partial charge in [-0.2, -0.15) is 0 Å². The molecular weight excluding hydrogens is 350 g/mol. The summed E-state index contributed by atoms with van der Waals surface area (Å²) in [5.74, 6) is 2.02. The van der Waals surface area contributed by atoms with Crippen molar-refractivity contribution in [3.8, 4) is 0 Å². The lowest BCUT2D eigenvalue weighted by molar-refractivity contribution is 0.148. The normalized spacial score (nSPS) is 22.7. The minimum absolute atomic E-state index is 0.0505. The number of piperidine rings is 1.